The van der Waals surface area contributed by atoms with Gasteiger partial charge in [-0.05, 0) is 61.2 Å². The molecule has 5 aliphatic rings. The summed E-state index contributed by atoms with van der Waals surface area (Å²) in [5.41, 5.74) is 0. The molecule has 0 aromatic rings. The van der Waals surface area contributed by atoms with E-state index in [1.807, 2.05) is 0 Å². The molecule has 0 heterocycles. The van der Waals surface area contributed by atoms with Gasteiger partial charge in [0, 0.05) is 23.7 Å². The van der Waals surface area contributed by atoms with Crippen LogP contribution >= 0.6 is 0 Å². The average molecular weight is 310 g/mol. The van der Waals surface area contributed by atoms with Gasteiger partial charge in [0.25, 0.3) is 0 Å². The van der Waals surface area contributed by atoms with Crippen LogP contribution in [-0.4, -0.2) is 0 Å². The fourth-order valence-electron chi connectivity index (χ4n) is 5.00. The Kier molecular flexibility index (Phi) is 3.65. The predicted molar refractivity (Wildman–Crippen MR) is 98.8 cm³/mol. The summed E-state index contributed by atoms with van der Waals surface area (Å²) in [6, 6.07) is 0. The van der Waals surface area contributed by atoms with Gasteiger partial charge in [0.15, 0.2) is 0 Å². The van der Waals surface area contributed by atoms with Crippen molar-refractivity contribution >= 4 is 0 Å². The first-order valence-electron chi connectivity index (χ1n) is 9.07. The normalized spacial score (nSPS) is 32.1. The van der Waals surface area contributed by atoms with Gasteiger partial charge in [-0.2, -0.15) is 0 Å². The molecule has 3 saturated carbocycles. The Morgan fingerprint density at radius 1 is 0.458 bits per heavy atom. The lowest BCUT2D eigenvalue weighted by Crippen LogP contribution is -2.20. The maximum Gasteiger partial charge on any atom is 0.0164 e. The second kappa shape index (κ2) is 5.75. The van der Waals surface area contributed by atoms with E-state index in [4.69, 9.17) is 0 Å². The van der Waals surface area contributed by atoms with E-state index < -0.39 is 0 Å². The molecular formula is C24H22. The van der Waals surface area contributed by atoms with Crippen LogP contribution in [0.25, 0.3) is 0 Å². The largest absolute Gasteiger partial charge is 0.0759 e. The number of hydrogen-bond acceptors (Lipinski definition) is 0. The second-order valence-corrected chi connectivity index (χ2v) is 7.26. The van der Waals surface area contributed by atoms with E-state index in [-0.39, 0.29) is 0 Å². The zero-order valence-electron chi connectivity index (χ0n) is 14.4. The molecule has 0 atom stereocenters. The number of fused-ring (bicyclic) bond motifs is 6. The van der Waals surface area contributed by atoms with Crippen molar-refractivity contribution in [2.45, 2.75) is 39.5 Å². The van der Waals surface area contributed by atoms with Crippen LogP contribution in [0.1, 0.15) is 39.5 Å². The molecule has 0 aliphatic heterocycles. The Morgan fingerprint density at radius 2 is 0.792 bits per heavy atom. The van der Waals surface area contributed by atoms with Crippen LogP contribution in [0.15, 0.2) is 48.6 Å². The van der Waals surface area contributed by atoms with Crippen molar-refractivity contribution in [2.24, 2.45) is 0 Å². The average Bonchev–Trinajstić information content (AvgIpc) is 3.01. The SMILES string of the molecule is C[C]1[C]2C=CC=C[C]2[C]2CC[C]3[C](C)[C]4C=CC=C[C]4[C]3CC[C]12. The predicted octanol–water partition coefficient (Wildman–Crippen LogP) is 5.62. The van der Waals surface area contributed by atoms with E-state index >= 15 is 0 Å². The molecule has 0 amide bonds. The molecule has 0 N–H and O–H groups in total. The number of hydrogen-bond donors (Lipinski definition) is 0. The molecule has 0 aromatic carbocycles. The van der Waals surface area contributed by atoms with Crippen molar-refractivity contribution in [3.8, 4) is 0 Å². The molecule has 0 nitrogen and oxygen atoms in total. The molecule has 10 radical (unpaired) electrons. The van der Waals surface area contributed by atoms with Crippen LogP contribution in [0.3, 0.4) is 0 Å². The third-order valence-electron chi connectivity index (χ3n) is 6.20. The molecule has 0 aromatic heterocycles. The van der Waals surface area contributed by atoms with Gasteiger partial charge in [0.2, 0.25) is 0 Å². The summed E-state index contributed by atoms with van der Waals surface area (Å²) in [6.07, 6.45) is 22.7. The summed E-state index contributed by atoms with van der Waals surface area (Å²) in [7, 11) is 0. The Morgan fingerprint density at radius 3 is 1.21 bits per heavy atom. The van der Waals surface area contributed by atoms with Gasteiger partial charge >= 0.3 is 0 Å². The quantitative estimate of drug-likeness (QED) is 0.544. The summed E-state index contributed by atoms with van der Waals surface area (Å²) in [5, 5.41) is 0. The molecule has 5 aliphatic carbocycles. The minimum Gasteiger partial charge on any atom is -0.0759 e. The standard InChI is InChI=1S/C24H22/c1-15-17-7-3-5-9-21(17)23-14-12-20-16(2)18-8-4-6-10-22(18)24(20)13-11-19(15)23/h3-10H,11-14H2,1-2H3. The molecule has 118 valence electrons. The van der Waals surface area contributed by atoms with Crippen LogP contribution in [0.2, 0.25) is 0 Å². The lowest BCUT2D eigenvalue weighted by atomic mass is 9.70. The topological polar surface area (TPSA) is 0 Å². The smallest absolute Gasteiger partial charge is 0.0164 e. The molecule has 0 saturated heterocycles. The zero-order valence-corrected chi connectivity index (χ0v) is 14.4. The minimum atomic E-state index is 1.17. The Bertz CT molecular complexity index is 552. The first-order valence-corrected chi connectivity index (χ1v) is 9.07. The molecule has 0 heteroatoms. The van der Waals surface area contributed by atoms with E-state index in [9.17, 15) is 0 Å². The Hall–Kier alpha value is -1.04. The van der Waals surface area contributed by atoms with Gasteiger partial charge in [-0.25, -0.2) is 0 Å². The third-order valence-corrected chi connectivity index (χ3v) is 6.20. The highest BCUT2D eigenvalue weighted by atomic mass is 14.6. The van der Waals surface area contributed by atoms with Crippen molar-refractivity contribution in [3.63, 3.8) is 0 Å². The molecule has 0 spiro atoms. The molecule has 3 fully saturated rings. The Labute approximate surface area is 147 Å². The summed E-state index contributed by atoms with van der Waals surface area (Å²) in [4.78, 5) is 0. The summed E-state index contributed by atoms with van der Waals surface area (Å²) >= 11 is 0. The maximum atomic E-state index is 2.32. The monoisotopic (exact) mass is 310 g/mol. The van der Waals surface area contributed by atoms with Crippen molar-refractivity contribution in [1.29, 1.82) is 0 Å². The number of rotatable bonds is 0. The lowest BCUT2D eigenvalue weighted by Gasteiger charge is -2.33. The van der Waals surface area contributed by atoms with Gasteiger partial charge < -0.3 is 0 Å². The summed E-state index contributed by atoms with van der Waals surface area (Å²) < 4.78 is 0. The molecular weight excluding hydrogens is 288 g/mol. The van der Waals surface area contributed by atoms with Gasteiger partial charge in [-0.1, -0.05) is 62.5 Å². The van der Waals surface area contributed by atoms with Crippen molar-refractivity contribution < 1.29 is 0 Å². The van der Waals surface area contributed by atoms with E-state index in [0.29, 0.717) is 0 Å². The van der Waals surface area contributed by atoms with Gasteiger partial charge in [-0.15, -0.1) is 0 Å². The van der Waals surface area contributed by atoms with E-state index in [1.54, 1.807) is 23.7 Å². The lowest BCUT2D eigenvalue weighted by molar-refractivity contribution is 0.632. The van der Waals surface area contributed by atoms with Crippen LogP contribution < -0.4 is 0 Å². The van der Waals surface area contributed by atoms with Gasteiger partial charge in [0.05, 0.1) is 0 Å². The molecule has 0 bridgehead atoms. The van der Waals surface area contributed by atoms with Crippen molar-refractivity contribution in [3.05, 3.63) is 108 Å². The zero-order chi connectivity index (χ0) is 16.3. The molecule has 24 heavy (non-hydrogen) atoms. The van der Waals surface area contributed by atoms with E-state index in [0.717, 1.165) is 0 Å². The van der Waals surface area contributed by atoms with E-state index in [2.05, 4.69) is 62.5 Å². The van der Waals surface area contributed by atoms with Crippen LogP contribution in [-0.2, 0) is 0 Å². The van der Waals surface area contributed by atoms with Crippen molar-refractivity contribution in [1.82, 2.24) is 0 Å². The minimum absolute atomic E-state index is 1.17. The van der Waals surface area contributed by atoms with Crippen LogP contribution in [0.5, 0.6) is 0 Å². The fraction of sp³-hybridized carbons (Fsp3) is 0.250. The maximum absolute atomic E-state index is 2.32. The van der Waals surface area contributed by atoms with Crippen molar-refractivity contribution in [2.75, 3.05) is 0 Å². The van der Waals surface area contributed by atoms with Gasteiger partial charge in [-0.3, -0.25) is 0 Å². The fourth-order valence-corrected chi connectivity index (χ4v) is 5.00. The third kappa shape index (κ3) is 2.11. The molecule has 0 unspecified atom stereocenters. The number of allylic oxidation sites excluding steroid dienone is 8. The Balaban J connectivity index is 1.42. The van der Waals surface area contributed by atoms with Gasteiger partial charge in [0.1, 0.15) is 0 Å². The highest BCUT2D eigenvalue weighted by Gasteiger charge is 2.53. The van der Waals surface area contributed by atoms with E-state index in [1.165, 1.54) is 61.2 Å². The summed E-state index contributed by atoms with van der Waals surface area (Å²) in [5.74, 6) is 15.4. The molecule has 5 rings (SSSR count). The first-order chi connectivity index (χ1) is 11.8. The van der Waals surface area contributed by atoms with Crippen LogP contribution in [0, 0.1) is 59.2 Å². The first kappa shape index (κ1) is 15.2. The summed E-state index contributed by atoms with van der Waals surface area (Å²) in [6.45, 7) is 4.63. The van der Waals surface area contributed by atoms with Crippen LogP contribution in [0.4, 0.5) is 0 Å². The highest BCUT2D eigenvalue weighted by Crippen LogP contribution is 2.64. The highest BCUT2D eigenvalue weighted by molar-refractivity contribution is 5.73. The second-order valence-electron chi connectivity index (χ2n) is 7.26.